The Balaban J connectivity index is 2.04. The first kappa shape index (κ1) is 13.1. The number of benzene rings is 3. The number of hydrogen-bond acceptors (Lipinski definition) is 2. The largest absolute Gasteiger partial charge is 0.364 e. The van der Waals surface area contributed by atoms with Crippen molar-refractivity contribution in [3.63, 3.8) is 0 Å². The third-order valence-corrected chi connectivity index (χ3v) is 3.44. The molecule has 2 nitrogen and oxygen atoms in total. The number of nitrogens with zero attached hydrogens (tertiary/aromatic N) is 1. The second kappa shape index (κ2) is 5.64. The Morgan fingerprint density at radius 2 is 1.62 bits per heavy atom. The number of nitriles is 1. The van der Waals surface area contributed by atoms with Crippen LogP contribution in [0.2, 0.25) is 0 Å². The molecule has 3 rings (SSSR count). The molecule has 3 heteroatoms. The quantitative estimate of drug-likeness (QED) is 0.755. The van der Waals surface area contributed by atoms with E-state index >= 15 is 0 Å². The van der Waals surface area contributed by atoms with E-state index < -0.39 is 6.04 Å². The van der Waals surface area contributed by atoms with E-state index in [-0.39, 0.29) is 5.82 Å². The summed E-state index contributed by atoms with van der Waals surface area (Å²) in [7, 11) is 0. The Morgan fingerprint density at radius 1 is 0.905 bits per heavy atom. The molecule has 0 heterocycles. The molecule has 1 atom stereocenters. The molecule has 1 unspecified atom stereocenters. The van der Waals surface area contributed by atoms with Crippen molar-refractivity contribution in [3.05, 3.63) is 78.1 Å². The third-order valence-electron chi connectivity index (χ3n) is 3.44. The molecule has 0 amide bonds. The van der Waals surface area contributed by atoms with Gasteiger partial charge in [0, 0.05) is 0 Å². The molecule has 0 saturated carbocycles. The first-order valence-corrected chi connectivity index (χ1v) is 6.68. The van der Waals surface area contributed by atoms with Crippen LogP contribution in [0, 0.1) is 17.1 Å². The van der Waals surface area contributed by atoms with Gasteiger partial charge in [-0.15, -0.1) is 0 Å². The predicted octanol–water partition coefficient (Wildman–Crippen LogP) is 4.66. The van der Waals surface area contributed by atoms with Crippen LogP contribution in [0.1, 0.15) is 11.6 Å². The van der Waals surface area contributed by atoms with Gasteiger partial charge in [-0.2, -0.15) is 5.26 Å². The molecule has 0 saturated heterocycles. The summed E-state index contributed by atoms with van der Waals surface area (Å²) in [5, 5.41) is 14.5. The maximum absolute atomic E-state index is 13.7. The maximum atomic E-state index is 13.7. The highest BCUT2D eigenvalue weighted by molar-refractivity contribution is 5.86. The van der Waals surface area contributed by atoms with Gasteiger partial charge in [-0.1, -0.05) is 54.6 Å². The van der Waals surface area contributed by atoms with Crippen LogP contribution >= 0.6 is 0 Å². The summed E-state index contributed by atoms with van der Waals surface area (Å²) in [6.07, 6.45) is 0. The lowest BCUT2D eigenvalue weighted by atomic mass is 9.99. The zero-order chi connectivity index (χ0) is 14.7. The van der Waals surface area contributed by atoms with Gasteiger partial charge < -0.3 is 5.32 Å². The van der Waals surface area contributed by atoms with Gasteiger partial charge >= 0.3 is 0 Å². The molecule has 3 aromatic carbocycles. The molecule has 0 aliphatic rings. The predicted molar refractivity (Wildman–Crippen MR) is 82.3 cm³/mol. The molecule has 0 bridgehead atoms. The van der Waals surface area contributed by atoms with Crippen molar-refractivity contribution in [1.29, 1.82) is 5.26 Å². The Hall–Kier alpha value is -2.86. The summed E-state index contributed by atoms with van der Waals surface area (Å²) < 4.78 is 13.7. The fraction of sp³-hybridized carbons (Fsp3) is 0.0556. The first-order chi connectivity index (χ1) is 10.3. The molecule has 3 aromatic rings. The van der Waals surface area contributed by atoms with Gasteiger partial charge in [0.2, 0.25) is 0 Å². The minimum Gasteiger partial charge on any atom is -0.364 e. The van der Waals surface area contributed by atoms with Crippen molar-refractivity contribution < 1.29 is 4.39 Å². The normalized spacial score (nSPS) is 11.8. The fourth-order valence-corrected chi connectivity index (χ4v) is 2.42. The molecule has 0 spiro atoms. The van der Waals surface area contributed by atoms with E-state index in [1.165, 1.54) is 6.07 Å². The second-order valence-corrected chi connectivity index (χ2v) is 4.75. The van der Waals surface area contributed by atoms with E-state index in [9.17, 15) is 9.65 Å². The molecule has 21 heavy (non-hydrogen) atoms. The highest BCUT2D eigenvalue weighted by Crippen LogP contribution is 2.27. The fourth-order valence-electron chi connectivity index (χ4n) is 2.42. The lowest BCUT2D eigenvalue weighted by molar-refractivity contribution is 0.629. The van der Waals surface area contributed by atoms with Crippen molar-refractivity contribution in [2.24, 2.45) is 0 Å². The van der Waals surface area contributed by atoms with Crippen LogP contribution in [0.15, 0.2) is 66.7 Å². The second-order valence-electron chi connectivity index (χ2n) is 4.75. The minimum atomic E-state index is -0.604. The Morgan fingerprint density at radius 3 is 2.43 bits per heavy atom. The van der Waals surface area contributed by atoms with Gasteiger partial charge in [-0.05, 0) is 28.5 Å². The highest BCUT2D eigenvalue weighted by Gasteiger charge is 2.14. The maximum Gasteiger partial charge on any atom is 0.146 e. The average molecular weight is 276 g/mol. The minimum absolute atomic E-state index is 0.331. The van der Waals surface area contributed by atoms with Crippen molar-refractivity contribution in [2.45, 2.75) is 6.04 Å². The smallest absolute Gasteiger partial charge is 0.146 e. The average Bonchev–Trinajstić information content (AvgIpc) is 2.54. The Labute approximate surface area is 122 Å². The topological polar surface area (TPSA) is 35.8 Å². The molecule has 0 aliphatic heterocycles. The summed E-state index contributed by atoms with van der Waals surface area (Å²) in [5.74, 6) is -0.363. The zero-order valence-corrected chi connectivity index (χ0v) is 11.3. The van der Waals surface area contributed by atoms with E-state index in [1.54, 1.807) is 18.2 Å². The summed E-state index contributed by atoms with van der Waals surface area (Å²) in [5.41, 5.74) is 1.18. The van der Waals surface area contributed by atoms with Gasteiger partial charge in [0.1, 0.15) is 11.9 Å². The number of anilines is 1. The lowest BCUT2D eigenvalue weighted by Crippen LogP contribution is -2.10. The molecule has 0 fully saturated rings. The Kier molecular flexibility index (Phi) is 3.53. The summed E-state index contributed by atoms with van der Waals surface area (Å²) >= 11 is 0. The van der Waals surface area contributed by atoms with Crippen molar-refractivity contribution >= 4 is 16.5 Å². The molecule has 102 valence electrons. The van der Waals surface area contributed by atoms with Gasteiger partial charge in [0.15, 0.2) is 0 Å². The van der Waals surface area contributed by atoms with Crippen molar-refractivity contribution in [1.82, 2.24) is 0 Å². The third kappa shape index (κ3) is 2.56. The highest BCUT2D eigenvalue weighted by atomic mass is 19.1. The van der Waals surface area contributed by atoms with Crippen LogP contribution in [-0.2, 0) is 0 Å². The van der Waals surface area contributed by atoms with E-state index in [0.717, 1.165) is 16.3 Å². The van der Waals surface area contributed by atoms with Crippen LogP contribution < -0.4 is 5.32 Å². The van der Waals surface area contributed by atoms with Gasteiger partial charge in [0.25, 0.3) is 0 Å². The summed E-state index contributed by atoms with van der Waals surface area (Å²) in [4.78, 5) is 0. The van der Waals surface area contributed by atoms with E-state index in [1.807, 2.05) is 42.5 Å². The number of fused-ring (bicyclic) bond motifs is 1. The lowest BCUT2D eigenvalue weighted by Gasteiger charge is -2.16. The number of rotatable bonds is 3. The van der Waals surface area contributed by atoms with Gasteiger partial charge in [-0.3, -0.25) is 0 Å². The molecular formula is C18H13FN2. The Bertz CT molecular complexity index is 815. The van der Waals surface area contributed by atoms with Crippen LogP contribution in [0.25, 0.3) is 10.8 Å². The first-order valence-electron chi connectivity index (χ1n) is 6.68. The molecule has 0 aliphatic carbocycles. The molecule has 1 N–H and O–H groups in total. The monoisotopic (exact) mass is 276 g/mol. The molecule has 0 aromatic heterocycles. The SMILES string of the molecule is N#CC(Nc1ccccc1F)c1cccc2ccccc12. The van der Waals surface area contributed by atoms with E-state index in [4.69, 9.17) is 0 Å². The number of halogens is 1. The van der Waals surface area contributed by atoms with Crippen LogP contribution in [0.5, 0.6) is 0 Å². The van der Waals surface area contributed by atoms with Crippen LogP contribution in [0.4, 0.5) is 10.1 Å². The molecule has 0 radical (unpaired) electrons. The number of nitrogens with one attached hydrogen (secondary N) is 1. The van der Waals surface area contributed by atoms with Crippen molar-refractivity contribution in [3.8, 4) is 6.07 Å². The van der Waals surface area contributed by atoms with Gasteiger partial charge in [0.05, 0.1) is 11.8 Å². The van der Waals surface area contributed by atoms with E-state index in [2.05, 4.69) is 11.4 Å². The van der Waals surface area contributed by atoms with Crippen LogP contribution in [0.3, 0.4) is 0 Å². The standard InChI is InChI=1S/C18H13FN2/c19-16-10-3-4-11-17(16)21-18(12-20)15-9-5-7-13-6-1-2-8-14(13)15/h1-11,18,21H. The molecular weight excluding hydrogens is 263 g/mol. The number of hydrogen-bond donors (Lipinski definition) is 1. The van der Waals surface area contributed by atoms with Crippen molar-refractivity contribution in [2.75, 3.05) is 5.32 Å². The van der Waals surface area contributed by atoms with Crippen LogP contribution in [-0.4, -0.2) is 0 Å². The summed E-state index contributed by atoms with van der Waals surface area (Å²) in [6, 6.07) is 21.6. The number of para-hydroxylation sites is 1. The zero-order valence-electron chi connectivity index (χ0n) is 11.3. The summed E-state index contributed by atoms with van der Waals surface area (Å²) in [6.45, 7) is 0. The van der Waals surface area contributed by atoms with Gasteiger partial charge in [-0.25, -0.2) is 4.39 Å². The van der Waals surface area contributed by atoms with E-state index in [0.29, 0.717) is 5.69 Å².